The molecular formula is C23H24N6O. The van der Waals surface area contributed by atoms with Gasteiger partial charge in [-0.1, -0.05) is 30.3 Å². The largest absolute Gasteiger partial charge is 0.354 e. The molecular weight excluding hydrogens is 376 g/mol. The van der Waals surface area contributed by atoms with Crippen LogP contribution >= 0.6 is 0 Å². The van der Waals surface area contributed by atoms with E-state index in [1.807, 2.05) is 48.0 Å². The van der Waals surface area contributed by atoms with Crippen molar-refractivity contribution in [2.45, 2.75) is 19.9 Å². The molecule has 3 aromatic heterocycles. The smallest absolute Gasteiger partial charge is 0.226 e. The molecule has 152 valence electrons. The number of pyridine rings is 2. The third kappa shape index (κ3) is 4.87. The normalized spacial score (nSPS) is 11.0. The molecule has 1 amide bonds. The molecule has 4 rings (SSSR count). The van der Waals surface area contributed by atoms with Gasteiger partial charge in [-0.25, -0.2) is 4.68 Å². The van der Waals surface area contributed by atoms with E-state index in [9.17, 15) is 4.79 Å². The van der Waals surface area contributed by atoms with Crippen molar-refractivity contribution in [1.29, 1.82) is 0 Å². The summed E-state index contributed by atoms with van der Waals surface area (Å²) in [5.41, 5.74) is 4.71. The van der Waals surface area contributed by atoms with Gasteiger partial charge in [0.2, 0.25) is 5.91 Å². The van der Waals surface area contributed by atoms with Crippen molar-refractivity contribution in [2.75, 3.05) is 13.1 Å². The minimum atomic E-state index is -0.0412. The van der Waals surface area contributed by atoms with Crippen LogP contribution in [0.5, 0.6) is 0 Å². The van der Waals surface area contributed by atoms with Gasteiger partial charge in [-0.15, -0.1) is 0 Å². The molecule has 0 saturated heterocycles. The summed E-state index contributed by atoms with van der Waals surface area (Å²) in [6.07, 6.45) is 5.57. The van der Waals surface area contributed by atoms with Gasteiger partial charge in [0.15, 0.2) is 0 Å². The lowest BCUT2D eigenvalue weighted by Crippen LogP contribution is -2.32. The molecule has 4 aromatic rings. The van der Waals surface area contributed by atoms with Crippen molar-refractivity contribution < 1.29 is 4.79 Å². The van der Waals surface area contributed by atoms with Crippen molar-refractivity contribution in [3.05, 3.63) is 84.1 Å². The number of rotatable bonds is 8. The van der Waals surface area contributed by atoms with Gasteiger partial charge in [-0.05, 0) is 30.7 Å². The molecule has 0 unspecified atom stereocenters. The molecule has 0 fully saturated rings. The van der Waals surface area contributed by atoms with Crippen LogP contribution in [0.1, 0.15) is 17.0 Å². The number of amides is 1. The predicted molar refractivity (Wildman–Crippen MR) is 116 cm³/mol. The van der Waals surface area contributed by atoms with Crippen molar-refractivity contribution in [3.8, 4) is 5.69 Å². The van der Waals surface area contributed by atoms with E-state index < -0.39 is 0 Å². The molecule has 0 saturated carbocycles. The zero-order valence-electron chi connectivity index (χ0n) is 16.9. The second kappa shape index (κ2) is 9.28. The molecule has 2 N–H and O–H groups in total. The van der Waals surface area contributed by atoms with Crippen LogP contribution in [0.15, 0.2) is 67.1 Å². The molecule has 0 radical (unpaired) electrons. The number of hydrogen-bond acceptors (Lipinski definition) is 5. The zero-order valence-corrected chi connectivity index (χ0v) is 16.9. The standard InChI is InChI=1S/C23H24N6O/c1-17-11-21(7-8-25-17)29-22-16-27-20(12-19(22)15-28-29)13-23(30)26-10-9-24-14-18-5-3-2-4-6-18/h2-8,11-12,15-16,24H,9-10,13-14H2,1H3,(H,26,30). The fourth-order valence-corrected chi connectivity index (χ4v) is 3.28. The summed E-state index contributed by atoms with van der Waals surface area (Å²) in [6, 6.07) is 16.0. The van der Waals surface area contributed by atoms with Crippen LogP contribution in [0.2, 0.25) is 0 Å². The number of aromatic nitrogens is 4. The summed E-state index contributed by atoms with van der Waals surface area (Å²) < 4.78 is 1.83. The number of nitrogens with zero attached hydrogens (tertiary/aromatic N) is 4. The van der Waals surface area contributed by atoms with Crippen LogP contribution in [0.3, 0.4) is 0 Å². The Bertz CT molecular complexity index is 1140. The van der Waals surface area contributed by atoms with E-state index in [1.165, 1.54) is 5.56 Å². The first-order valence-corrected chi connectivity index (χ1v) is 9.96. The lowest BCUT2D eigenvalue weighted by Gasteiger charge is -2.07. The maximum atomic E-state index is 12.2. The number of carbonyl (C=O) groups excluding carboxylic acids is 1. The van der Waals surface area contributed by atoms with E-state index >= 15 is 0 Å². The number of aryl methyl sites for hydroxylation is 1. The summed E-state index contributed by atoms with van der Waals surface area (Å²) in [5.74, 6) is -0.0412. The number of benzene rings is 1. The van der Waals surface area contributed by atoms with Gasteiger partial charge in [0, 0.05) is 36.9 Å². The molecule has 0 aliphatic heterocycles. The molecule has 0 spiro atoms. The average Bonchev–Trinajstić information content (AvgIpc) is 3.17. The Kier molecular flexibility index (Phi) is 6.10. The lowest BCUT2D eigenvalue weighted by atomic mass is 10.2. The maximum Gasteiger partial charge on any atom is 0.226 e. The van der Waals surface area contributed by atoms with Crippen molar-refractivity contribution in [2.24, 2.45) is 0 Å². The van der Waals surface area contributed by atoms with Crippen LogP contribution < -0.4 is 10.6 Å². The number of fused-ring (bicyclic) bond motifs is 1. The summed E-state index contributed by atoms with van der Waals surface area (Å²) in [4.78, 5) is 20.9. The van der Waals surface area contributed by atoms with Gasteiger partial charge in [0.1, 0.15) is 0 Å². The van der Waals surface area contributed by atoms with Crippen molar-refractivity contribution in [1.82, 2.24) is 30.4 Å². The number of nitrogens with one attached hydrogen (secondary N) is 2. The topological polar surface area (TPSA) is 84.7 Å². The first-order chi connectivity index (χ1) is 14.7. The first-order valence-electron chi connectivity index (χ1n) is 9.96. The molecule has 30 heavy (non-hydrogen) atoms. The van der Waals surface area contributed by atoms with Crippen LogP contribution in [0, 0.1) is 6.92 Å². The van der Waals surface area contributed by atoms with E-state index in [1.54, 1.807) is 18.6 Å². The zero-order chi connectivity index (χ0) is 20.8. The summed E-state index contributed by atoms with van der Waals surface area (Å²) in [7, 11) is 0. The monoisotopic (exact) mass is 400 g/mol. The van der Waals surface area contributed by atoms with Crippen LogP contribution in [-0.4, -0.2) is 38.7 Å². The van der Waals surface area contributed by atoms with Crippen LogP contribution in [-0.2, 0) is 17.8 Å². The Morgan fingerprint density at radius 2 is 1.90 bits per heavy atom. The van der Waals surface area contributed by atoms with E-state index in [0.29, 0.717) is 13.1 Å². The molecule has 0 atom stereocenters. The molecule has 0 aliphatic carbocycles. The lowest BCUT2D eigenvalue weighted by molar-refractivity contribution is -0.120. The molecule has 1 aromatic carbocycles. The molecule has 3 heterocycles. The number of hydrogen-bond donors (Lipinski definition) is 2. The predicted octanol–water partition coefficient (Wildman–Crippen LogP) is 2.57. The van der Waals surface area contributed by atoms with Gasteiger partial charge in [0.25, 0.3) is 0 Å². The van der Waals surface area contributed by atoms with E-state index in [2.05, 4.69) is 37.8 Å². The van der Waals surface area contributed by atoms with Crippen LogP contribution in [0.25, 0.3) is 16.6 Å². The fourth-order valence-electron chi connectivity index (χ4n) is 3.28. The van der Waals surface area contributed by atoms with Gasteiger partial charge >= 0.3 is 0 Å². The fraction of sp³-hybridized carbons (Fsp3) is 0.217. The number of carbonyl (C=O) groups is 1. The molecule has 0 bridgehead atoms. The second-order valence-electron chi connectivity index (χ2n) is 7.14. The van der Waals surface area contributed by atoms with E-state index in [-0.39, 0.29) is 12.3 Å². The average molecular weight is 400 g/mol. The van der Waals surface area contributed by atoms with Gasteiger partial charge in [-0.2, -0.15) is 5.10 Å². The highest BCUT2D eigenvalue weighted by atomic mass is 16.1. The summed E-state index contributed by atoms with van der Waals surface area (Å²) in [6.45, 7) is 4.02. The molecule has 0 aliphatic rings. The van der Waals surface area contributed by atoms with Crippen molar-refractivity contribution in [3.63, 3.8) is 0 Å². The Morgan fingerprint density at radius 1 is 1.03 bits per heavy atom. The van der Waals surface area contributed by atoms with Gasteiger partial charge in [0.05, 0.1) is 35.7 Å². The highest BCUT2D eigenvalue weighted by Gasteiger charge is 2.09. The SMILES string of the molecule is Cc1cc(-n2ncc3cc(CC(=O)NCCNCc4ccccc4)ncc32)ccn1. The summed E-state index contributed by atoms with van der Waals surface area (Å²) >= 11 is 0. The Hall–Kier alpha value is -3.58. The van der Waals surface area contributed by atoms with E-state index in [0.717, 1.165) is 34.5 Å². The Labute approximate surface area is 175 Å². The van der Waals surface area contributed by atoms with Crippen LogP contribution in [0.4, 0.5) is 0 Å². The molecule has 7 heteroatoms. The minimum absolute atomic E-state index is 0.0412. The van der Waals surface area contributed by atoms with Gasteiger partial charge in [-0.3, -0.25) is 14.8 Å². The highest BCUT2D eigenvalue weighted by molar-refractivity contribution is 5.82. The third-order valence-electron chi connectivity index (χ3n) is 4.77. The maximum absolute atomic E-state index is 12.2. The second-order valence-corrected chi connectivity index (χ2v) is 7.14. The minimum Gasteiger partial charge on any atom is -0.354 e. The Morgan fingerprint density at radius 3 is 2.73 bits per heavy atom. The first kappa shape index (κ1) is 19.7. The quantitative estimate of drug-likeness (QED) is 0.444. The molecule has 7 nitrogen and oxygen atoms in total. The van der Waals surface area contributed by atoms with E-state index in [4.69, 9.17) is 0 Å². The van der Waals surface area contributed by atoms with Gasteiger partial charge < -0.3 is 10.6 Å². The third-order valence-corrected chi connectivity index (χ3v) is 4.77. The Balaban J connectivity index is 1.30. The van der Waals surface area contributed by atoms with Crippen molar-refractivity contribution >= 4 is 16.8 Å². The summed E-state index contributed by atoms with van der Waals surface area (Å²) in [5, 5.41) is 11.7. The highest BCUT2D eigenvalue weighted by Crippen LogP contribution is 2.18.